The van der Waals surface area contributed by atoms with E-state index < -0.39 is 0 Å². The number of fused-ring (bicyclic) bond motifs is 1. The maximum Gasteiger partial charge on any atom is 0.252 e. The van der Waals surface area contributed by atoms with E-state index in [4.69, 9.17) is 0 Å². The molecular formula is C18H19IN2O2S. The van der Waals surface area contributed by atoms with E-state index >= 15 is 0 Å². The molecule has 0 bridgehead atoms. The fourth-order valence-corrected chi connectivity index (χ4v) is 4.69. The minimum Gasteiger partial charge on any atom is -0.343 e. The van der Waals surface area contributed by atoms with E-state index in [0.717, 1.165) is 23.0 Å². The van der Waals surface area contributed by atoms with Gasteiger partial charge in [-0.15, -0.1) is 11.3 Å². The number of benzene rings is 1. The molecule has 0 saturated heterocycles. The standard InChI is InChI=1S/C18H19IN2O2S/c1-2-15-13-8-10-24-16(13)7-9-21(15)17(22)11-20-18(23)12-5-3-4-6-14(12)19/h3-6,8,10,15H,2,7,9,11H2,1H3,(H,20,23). The van der Waals surface area contributed by atoms with Crippen molar-refractivity contribution >= 4 is 45.7 Å². The normalized spacial score (nSPS) is 16.6. The Kier molecular flexibility index (Phi) is 5.55. The predicted molar refractivity (Wildman–Crippen MR) is 104 cm³/mol. The first kappa shape index (κ1) is 17.4. The molecule has 4 nitrogen and oxygen atoms in total. The molecule has 1 aliphatic heterocycles. The van der Waals surface area contributed by atoms with Crippen molar-refractivity contribution in [2.45, 2.75) is 25.8 Å². The first-order chi connectivity index (χ1) is 11.6. The summed E-state index contributed by atoms with van der Waals surface area (Å²) < 4.78 is 0.882. The van der Waals surface area contributed by atoms with Crippen LogP contribution in [-0.2, 0) is 11.2 Å². The summed E-state index contributed by atoms with van der Waals surface area (Å²) in [5, 5.41) is 4.86. The van der Waals surface area contributed by atoms with Crippen LogP contribution in [0.15, 0.2) is 35.7 Å². The summed E-state index contributed by atoms with van der Waals surface area (Å²) in [5.74, 6) is -0.215. The van der Waals surface area contributed by atoms with Crippen molar-refractivity contribution < 1.29 is 9.59 Å². The first-order valence-electron chi connectivity index (χ1n) is 8.00. The van der Waals surface area contributed by atoms with Crippen LogP contribution in [-0.4, -0.2) is 29.8 Å². The van der Waals surface area contributed by atoms with Crippen molar-refractivity contribution in [3.8, 4) is 0 Å². The summed E-state index contributed by atoms with van der Waals surface area (Å²) in [6.07, 6.45) is 1.79. The fourth-order valence-electron chi connectivity index (χ4n) is 3.13. The Morgan fingerprint density at radius 3 is 2.88 bits per heavy atom. The van der Waals surface area contributed by atoms with Crippen LogP contribution in [0.1, 0.15) is 40.2 Å². The topological polar surface area (TPSA) is 49.4 Å². The van der Waals surface area contributed by atoms with Gasteiger partial charge >= 0.3 is 0 Å². The molecule has 1 unspecified atom stereocenters. The van der Waals surface area contributed by atoms with Gasteiger partial charge in [0.05, 0.1) is 18.2 Å². The van der Waals surface area contributed by atoms with E-state index in [2.05, 4.69) is 46.3 Å². The molecule has 2 heterocycles. The number of carbonyl (C=O) groups is 2. The van der Waals surface area contributed by atoms with Crippen molar-refractivity contribution in [1.82, 2.24) is 10.2 Å². The van der Waals surface area contributed by atoms with Crippen molar-refractivity contribution in [1.29, 1.82) is 0 Å². The van der Waals surface area contributed by atoms with Gasteiger partial charge in [-0.2, -0.15) is 0 Å². The van der Waals surface area contributed by atoms with Crippen LogP contribution in [0.3, 0.4) is 0 Å². The maximum atomic E-state index is 12.6. The second-order valence-electron chi connectivity index (χ2n) is 5.72. The lowest BCUT2D eigenvalue weighted by Gasteiger charge is -2.35. The van der Waals surface area contributed by atoms with Crippen LogP contribution >= 0.6 is 33.9 Å². The highest BCUT2D eigenvalue weighted by atomic mass is 127. The third kappa shape index (κ3) is 3.49. The summed E-state index contributed by atoms with van der Waals surface area (Å²) in [4.78, 5) is 28.2. The third-order valence-electron chi connectivity index (χ3n) is 4.32. The molecule has 1 aliphatic rings. The number of rotatable bonds is 4. The summed E-state index contributed by atoms with van der Waals surface area (Å²) >= 11 is 3.90. The molecule has 2 aromatic rings. The second-order valence-corrected chi connectivity index (χ2v) is 7.89. The predicted octanol–water partition coefficient (Wildman–Crippen LogP) is 3.62. The molecule has 0 spiro atoms. The van der Waals surface area contributed by atoms with Crippen molar-refractivity contribution in [2.24, 2.45) is 0 Å². The van der Waals surface area contributed by atoms with Crippen molar-refractivity contribution in [3.05, 3.63) is 55.3 Å². The number of hydrogen-bond acceptors (Lipinski definition) is 3. The lowest BCUT2D eigenvalue weighted by Crippen LogP contribution is -2.44. The van der Waals surface area contributed by atoms with Crippen LogP contribution in [0, 0.1) is 3.57 Å². The van der Waals surface area contributed by atoms with Crippen LogP contribution < -0.4 is 5.32 Å². The summed E-state index contributed by atoms with van der Waals surface area (Å²) in [5.41, 5.74) is 1.88. The summed E-state index contributed by atoms with van der Waals surface area (Å²) in [6, 6.07) is 9.62. The van der Waals surface area contributed by atoms with E-state index in [9.17, 15) is 9.59 Å². The number of thiophene rings is 1. The van der Waals surface area contributed by atoms with Gasteiger partial charge in [-0.1, -0.05) is 19.1 Å². The average molecular weight is 454 g/mol. The van der Waals surface area contributed by atoms with Gasteiger partial charge in [0.25, 0.3) is 5.91 Å². The van der Waals surface area contributed by atoms with Crippen molar-refractivity contribution in [2.75, 3.05) is 13.1 Å². The number of nitrogens with zero attached hydrogens (tertiary/aromatic N) is 1. The monoisotopic (exact) mass is 454 g/mol. The van der Waals surface area contributed by atoms with E-state index in [1.54, 1.807) is 17.4 Å². The summed E-state index contributed by atoms with van der Waals surface area (Å²) in [7, 11) is 0. The van der Waals surface area contributed by atoms with Crippen molar-refractivity contribution in [3.63, 3.8) is 0 Å². The molecule has 6 heteroatoms. The van der Waals surface area contributed by atoms with Crippen LogP contribution in [0.5, 0.6) is 0 Å². The Bertz CT molecular complexity index is 759. The Morgan fingerprint density at radius 2 is 2.12 bits per heavy atom. The van der Waals surface area contributed by atoms with Gasteiger partial charge in [0.15, 0.2) is 0 Å². The quantitative estimate of drug-likeness (QED) is 0.718. The van der Waals surface area contributed by atoms with Gasteiger partial charge in [0.1, 0.15) is 0 Å². The molecule has 1 atom stereocenters. The molecule has 0 fully saturated rings. The van der Waals surface area contributed by atoms with Gasteiger partial charge in [0.2, 0.25) is 5.91 Å². The Balaban J connectivity index is 1.65. The van der Waals surface area contributed by atoms with Crippen LogP contribution in [0.4, 0.5) is 0 Å². The minimum atomic E-state index is -0.199. The highest BCUT2D eigenvalue weighted by molar-refractivity contribution is 14.1. The highest BCUT2D eigenvalue weighted by Gasteiger charge is 2.30. The minimum absolute atomic E-state index is 0.0158. The number of hydrogen-bond donors (Lipinski definition) is 1. The lowest BCUT2D eigenvalue weighted by molar-refractivity contribution is -0.133. The highest BCUT2D eigenvalue weighted by Crippen LogP contribution is 2.35. The number of nitrogens with one attached hydrogen (secondary N) is 1. The van der Waals surface area contributed by atoms with Crippen LogP contribution in [0.25, 0.3) is 0 Å². The van der Waals surface area contributed by atoms with E-state index in [0.29, 0.717) is 5.56 Å². The largest absolute Gasteiger partial charge is 0.343 e. The molecule has 1 N–H and O–H groups in total. The molecule has 1 aromatic carbocycles. The first-order valence-corrected chi connectivity index (χ1v) is 9.96. The molecule has 0 aliphatic carbocycles. The fraction of sp³-hybridized carbons (Fsp3) is 0.333. The van der Waals surface area contributed by atoms with Gasteiger partial charge in [-0.25, -0.2) is 0 Å². The zero-order valence-corrected chi connectivity index (χ0v) is 16.4. The Hall–Kier alpha value is -1.41. The molecule has 126 valence electrons. The second kappa shape index (κ2) is 7.65. The van der Waals surface area contributed by atoms with Gasteiger partial charge in [-0.05, 0) is 64.6 Å². The Morgan fingerprint density at radius 1 is 1.33 bits per heavy atom. The molecule has 0 radical (unpaired) electrons. The smallest absolute Gasteiger partial charge is 0.252 e. The molecule has 0 saturated carbocycles. The zero-order valence-electron chi connectivity index (χ0n) is 13.4. The molecular weight excluding hydrogens is 435 g/mol. The molecule has 24 heavy (non-hydrogen) atoms. The molecule has 2 amide bonds. The number of amides is 2. The Labute approximate surface area is 159 Å². The van der Waals surface area contributed by atoms with E-state index in [-0.39, 0.29) is 24.4 Å². The summed E-state index contributed by atoms with van der Waals surface area (Å²) in [6.45, 7) is 2.87. The average Bonchev–Trinajstić information content (AvgIpc) is 3.07. The van der Waals surface area contributed by atoms with E-state index in [1.165, 1.54) is 10.4 Å². The van der Waals surface area contributed by atoms with Crippen LogP contribution in [0.2, 0.25) is 0 Å². The van der Waals surface area contributed by atoms with Gasteiger partial charge in [-0.3, -0.25) is 9.59 Å². The zero-order chi connectivity index (χ0) is 17.1. The van der Waals surface area contributed by atoms with Gasteiger partial charge in [0, 0.05) is 15.0 Å². The molecule has 1 aromatic heterocycles. The van der Waals surface area contributed by atoms with Gasteiger partial charge < -0.3 is 10.2 Å². The maximum absolute atomic E-state index is 12.6. The lowest BCUT2D eigenvalue weighted by atomic mass is 9.98. The number of halogens is 1. The van der Waals surface area contributed by atoms with E-state index in [1.807, 2.05) is 23.1 Å². The third-order valence-corrected chi connectivity index (χ3v) is 6.26. The SMILES string of the molecule is CCC1c2ccsc2CCN1C(=O)CNC(=O)c1ccccc1I. The number of carbonyl (C=O) groups excluding carboxylic acids is 2. The molecule has 3 rings (SSSR count).